The summed E-state index contributed by atoms with van der Waals surface area (Å²) in [7, 11) is -4.10. The van der Waals surface area contributed by atoms with Crippen LogP contribution in [0.1, 0.15) is 32.1 Å². The molecule has 0 bridgehead atoms. The third-order valence-electron chi connectivity index (χ3n) is 4.69. The summed E-state index contributed by atoms with van der Waals surface area (Å²) in [5.74, 6) is -0.852. The van der Waals surface area contributed by atoms with Crippen LogP contribution in [0.3, 0.4) is 0 Å². The zero-order chi connectivity index (χ0) is 20.9. The predicted octanol–water partition coefficient (Wildman–Crippen LogP) is 2.94. The molecule has 1 aromatic carbocycles. The van der Waals surface area contributed by atoms with Crippen molar-refractivity contribution in [2.75, 3.05) is 29.7 Å². The fraction of sp³-hybridized carbons (Fsp3) is 0.529. The molecule has 29 heavy (non-hydrogen) atoms. The first-order valence-corrected chi connectivity index (χ1v) is 12.3. The van der Waals surface area contributed by atoms with Crippen LogP contribution in [0.2, 0.25) is 0 Å². The Kier molecular flexibility index (Phi) is 7.43. The van der Waals surface area contributed by atoms with Crippen molar-refractivity contribution in [1.82, 2.24) is 14.7 Å². The fourth-order valence-corrected chi connectivity index (χ4v) is 5.39. The monoisotopic (exact) mass is 507 g/mol. The second kappa shape index (κ2) is 9.65. The van der Waals surface area contributed by atoms with Crippen molar-refractivity contribution in [1.29, 1.82) is 0 Å². The summed E-state index contributed by atoms with van der Waals surface area (Å²) in [6.45, 7) is 1.99. The molecule has 8 nitrogen and oxygen atoms in total. The van der Waals surface area contributed by atoms with E-state index in [4.69, 9.17) is 0 Å². The van der Waals surface area contributed by atoms with E-state index in [-0.39, 0.29) is 5.13 Å². The van der Waals surface area contributed by atoms with E-state index in [1.807, 2.05) is 0 Å². The molecule has 12 heteroatoms. The van der Waals surface area contributed by atoms with Crippen molar-refractivity contribution in [3.63, 3.8) is 0 Å². The van der Waals surface area contributed by atoms with Crippen LogP contribution in [0.25, 0.3) is 0 Å². The lowest BCUT2D eigenvalue weighted by Crippen LogP contribution is -2.59. The first-order valence-electron chi connectivity index (χ1n) is 9.25. The van der Waals surface area contributed by atoms with Gasteiger partial charge >= 0.3 is 0 Å². The number of halogens is 2. The van der Waals surface area contributed by atoms with Gasteiger partial charge in [0.25, 0.3) is 10.0 Å². The SMILES string of the molecule is O=S(=O)(Nc1ncns1)c1cc(Br)c(NCCCCCCC2(O)CNC2)cc1F. The molecule has 1 aromatic heterocycles. The van der Waals surface area contributed by atoms with Crippen LogP contribution in [0.4, 0.5) is 15.2 Å². The van der Waals surface area contributed by atoms with E-state index in [9.17, 15) is 17.9 Å². The molecule has 160 valence electrons. The highest BCUT2D eigenvalue weighted by Crippen LogP contribution is 2.30. The molecular formula is C17H23BrFN5O3S2. The van der Waals surface area contributed by atoms with Gasteiger partial charge in [0.05, 0.1) is 11.3 Å². The van der Waals surface area contributed by atoms with Crippen LogP contribution >= 0.6 is 27.5 Å². The van der Waals surface area contributed by atoms with E-state index < -0.39 is 26.3 Å². The zero-order valence-corrected chi connectivity index (χ0v) is 18.8. The van der Waals surface area contributed by atoms with Gasteiger partial charge < -0.3 is 15.7 Å². The molecule has 3 rings (SSSR count). The smallest absolute Gasteiger partial charge is 0.266 e. The maximum Gasteiger partial charge on any atom is 0.266 e. The Morgan fingerprint density at radius 1 is 1.28 bits per heavy atom. The topological polar surface area (TPSA) is 116 Å². The largest absolute Gasteiger partial charge is 0.387 e. The number of anilines is 2. The molecular weight excluding hydrogens is 485 g/mol. The summed E-state index contributed by atoms with van der Waals surface area (Å²) in [5.41, 5.74) is -0.0274. The van der Waals surface area contributed by atoms with Gasteiger partial charge in [0.15, 0.2) is 0 Å². The van der Waals surface area contributed by atoms with Crippen molar-refractivity contribution >= 4 is 48.3 Å². The number of unbranched alkanes of at least 4 members (excludes halogenated alkanes) is 3. The van der Waals surface area contributed by atoms with Crippen molar-refractivity contribution in [2.45, 2.75) is 42.6 Å². The summed E-state index contributed by atoms with van der Waals surface area (Å²) in [6, 6.07) is 2.40. The van der Waals surface area contributed by atoms with E-state index in [1.165, 1.54) is 12.4 Å². The summed E-state index contributed by atoms with van der Waals surface area (Å²) < 4.78 is 45.5. The van der Waals surface area contributed by atoms with Gasteiger partial charge in [0, 0.05) is 35.6 Å². The Balaban J connectivity index is 1.47. The van der Waals surface area contributed by atoms with Crippen molar-refractivity contribution < 1.29 is 17.9 Å². The number of rotatable bonds is 11. The van der Waals surface area contributed by atoms with Crippen LogP contribution < -0.4 is 15.4 Å². The molecule has 1 fully saturated rings. The molecule has 1 saturated heterocycles. The van der Waals surface area contributed by atoms with E-state index >= 15 is 0 Å². The minimum Gasteiger partial charge on any atom is -0.387 e. The number of hydrogen-bond donors (Lipinski definition) is 4. The molecule has 4 N–H and O–H groups in total. The minimum atomic E-state index is -4.10. The molecule has 0 unspecified atom stereocenters. The van der Waals surface area contributed by atoms with Gasteiger partial charge in [-0.15, -0.1) is 0 Å². The summed E-state index contributed by atoms with van der Waals surface area (Å²) >= 11 is 4.17. The molecule has 0 spiro atoms. The number of nitrogens with one attached hydrogen (secondary N) is 3. The predicted molar refractivity (Wildman–Crippen MR) is 114 cm³/mol. The lowest BCUT2D eigenvalue weighted by atomic mass is 9.90. The number of aromatic nitrogens is 2. The van der Waals surface area contributed by atoms with Gasteiger partial charge in [0.1, 0.15) is 17.0 Å². The molecule has 2 aromatic rings. The van der Waals surface area contributed by atoms with Gasteiger partial charge in [-0.3, -0.25) is 4.72 Å². The first-order chi connectivity index (χ1) is 13.8. The third-order valence-corrected chi connectivity index (χ3v) is 7.41. The first kappa shape index (κ1) is 22.3. The molecule has 1 aliphatic rings. The summed E-state index contributed by atoms with van der Waals surface area (Å²) in [4.78, 5) is 3.28. The average Bonchev–Trinajstić information content (AvgIpc) is 3.13. The van der Waals surface area contributed by atoms with Crippen LogP contribution in [-0.2, 0) is 10.0 Å². The lowest BCUT2D eigenvalue weighted by Gasteiger charge is -2.37. The zero-order valence-electron chi connectivity index (χ0n) is 15.6. The van der Waals surface area contributed by atoms with E-state index in [2.05, 4.69) is 40.6 Å². The molecule has 0 radical (unpaired) electrons. The third kappa shape index (κ3) is 6.07. The van der Waals surface area contributed by atoms with Crippen molar-refractivity contribution in [3.8, 4) is 0 Å². The number of β-amino-alcohol motifs (C(OH)–C–C–N with tert-alkyl or cyclic N) is 1. The average molecular weight is 508 g/mol. The van der Waals surface area contributed by atoms with Gasteiger partial charge in [0.2, 0.25) is 5.13 Å². The Morgan fingerprint density at radius 2 is 2.03 bits per heavy atom. The fourth-order valence-electron chi connectivity index (χ4n) is 3.00. The minimum absolute atomic E-state index is 0.0726. The van der Waals surface area contributed by atoms with E-state index in [1.54, 1.807) is 0 Å². The number of sulfonamides is 1. The van der Waals surface area contributed by atoms with Crippen LogP contribution in [0.5, 0.6) is 0 Å². The highest BCUT2D eigenvalue weighted by Gasteiger charge is 2.33. The van der Waals surface area contributed by atoms with Crippen LogP contribution in [0, 0.1) is 5.82 Å². The standard InChI is InChI=1S/C17H23BrFN5O3S2/c18-12-7-15(29(26,27)24-16-22-11-23-28-16)13(19)8-14(12)21-6-4-2-1-3-5-17(25)9-20-10-17/h7-8,11,20-21,25H,1-6,9-10H2,(H,22,23,24). The van der Waals surface area contributed by atoms with E-state index in [0.717, 1.165) is 49.7 Å². The molecule has 0 aliphatic carbocycles. The van der Waals surface area contributed by atoms with Gasteiger partial charge in [-0.25, -0.2) is 17.8 Å². The van der Waals surface area contributed by atoms with Gasteiger partial charge in [-0.2, -0.15) is 4.37 Å². The van der Waals surface area contributed by atoms with Crippen molar-refractivity contribution in [3.05, 3.63) is 28.7 Å². The number of nitrogens with zero attached hydrogens (tertiary/aromatic N) is 2. The number of hydrogen-bond acceptors (Lipinski definition) is 8. The molecule has 0 atom stereocenters. The molecule has 0 amide bonds. The second-order valence-electron chi connectivity index (χ2n) is 7.03. The Labute approximate surface area is 181 Å². The number of benzene rings is 1. The Bertz CT molecular complexity index is 923. The highest BCUT2D eigenvalue weighted by atomic mass is 79.9. The van der Waals surface area contributed by atoms with Gasteiger partial charge in [-0.05, 0) is 40.9 Å². The van der Waals surface area contributed by atoms with Crippen LogP contribution in [-0.4, -0.2) is 48.1 Å². The molecule has 2 heterocycles. The van der Waals surface area contributed by atoms with E-state index in [0.29, 0.717) is 29.8 Å². The molecule has 0 saturated carbocycles. The normalized spacial score (nSPS) is 15.7. The maximum atomic E-state index is 14.4. The quantitative estimate of drug-likeness (QED) is 0.345. The van der Waals surface area contributed by atoms with Crippen molar-refractivity contribution in [2.24, 2.45) is 0 Å². The maximum absolute atomic E-state index is 14.4. The number of aliphatic hydroxyl groups is 1. The Morgan fingerprint density at radius 3 is 2.69 bits per heavy atom. The summed E-state index contributed by atoms with van der Waals surface area (Å²) in [5, 5.41) is 16.3. The highest BCUT2D eigenvalue weighted by molar-refractivity contribution is 9.10. The second-order valence-corrected chi connectivity index (χ2v) is 10.3. The van der Waals surface area contributed by atoms with Gasteiger partial charge in [-0.1, -0.05) is 19.3 Å². The molecule has 1 aliphatic heterocycles. The lowest BCUT2D eigenvalue weighted by molar-refractivity contribution is -0.0191. The van der Waals surface area contributed by atoms with Crippen LogP contribution in [0.15, 0.2) is 27.8 Å². The summed E-state index contributed by atoms with van der Waals surface area (Å²) in [6.07, 6.45) is 5.91. The Hall–Kier alpha value is -1.34.